The third kappa shape index (κ3) is 3.58. The summed E-state index contributed by atoms with van der Waals surface area (Å²) in [6, 6.07) is 1.30. The lowest BCUT2D eigenvalue weighted by atomic mass is 10.1. The molecule has 0 unspecified atom stereocenters. The van der Waals surface area contributed by atoms with Gasteiger partial charge in [-0.05, 0) is 18.9 Å². The zero-order chi connectivity index (χ0) is 12.1. The first-order chi connectivity index (χ1) is 7.50. The second kappa shape index (κ2) is 5.55. The van der Waals surface area contributed by atoms with Crippen LogP contribution < -0.4 is 11.1 Å². The zero-order valence-corrected chi connectivity index (χ0v) is 9.90. The molecule has 0 aliphatic rings. The minimum atomic E-state index is -0.470. The van der Waals surface area contributed by atoms with E-state index in [1.54, 1.807) is 12.3 Å². The molecule has 3 N–H and O–H groups in total. The van der Waals surface area contributed by atoms with Gasteiger partial charge in [0.25, 0.3) is 0 Å². The largest absolute Gasteiger partial charge is 0.349 e. The van der Waals surface area contributed by atoms with E-state index in [1.165, 1.54) is 0 Å². The van der Waals surface area contributed by atoms with E-state index in [-0.39, 0.29) is 11.8 Å². The zero-order valence-electron chi connectivity index (χ0n) is 9.90. The molecular weight excluding hydrogens is 204 g/mol. The number of hydrogen-bond acceptors (Lipinski definition) is 4. The second-order valence-corrected chi connectivity index (χ2v) is 4.08. The Bertz CT molecular complexity index is 365. The van der Waals surface area contributed by atoms with Crippen LogP contribution in [0.4, 0.5) is 0 Å². The third-order valence-electron chi connectivity index (χ3n) is 2.30. The Labute approximate surface area is 95.5 Å². The van der Waals surface area contributed by atoms with Crippen LogP contribution in [-0.2, 0) is 11.3 Å². The molecule has 0 fully saturated rings. The quantitative estimate of drug-likeness (QED) is 0.772. The van der Waals surface area contributed by atoms with E-state index in [1.807, 2.05) is 20.8 Å². The summed E-state index contributed by atoms with van der Waals surface area (Å²) in [4.78, 5) is 19.7. The van der Waals surface area contributed by atoms with Crippen molar-refractivity contribution in [1.82, 2.24) is 15.3 Å². The van der Waals surface area contributed by atoms with Crippen molar-refractivity contribution in [2.75, 3.05) is 0 Å². The van der Waals surface area contributed by atoms with E-state index < -0.39 is 6.04 Å². The van der Waals surface area contributed by atoms with Crippen molar-refractivity contribution >= 4 is 5.91 Å². The van der Waals surface area contributed by atoms with E-state index in [2.05, 4.69) is 15.3 Å². The Morgan fingerprint density at radius 3 is 2.81 bits per heavy atom. The topological polar surface area (TPSA) is 80.9 Å². The maximum atomic E-state index is 11.6. The van der Waals surface area contributed by atoms with E-state index in [0.29, 0.717) is 12.4 Å². The number of nitrogens with one attached hydrogen (secondary N) is 1. The molecule has 1 amide bonds. The maximum Gasteiger partial charge on any atom is 0.237 e. The second-order valence-electron chi connectivity index (χ2n) is 4.08. The van der Waals surface area contributed by atoms with Crippen LogP contribution in [0.15, 0.2) is 12.3 Å². The number of carbonyl (C=O) groups excluding carboxylic acids is 1. The molecular formula is C11H18N4O. The highest BCUT2D eigenvalue weighted by Gasteiger charge is 2.16. The summed E-state index contributed by atoms with van der Waals surface area (Å²) in [5.41, 5.74) is 6.50. The van der Waals surface area contributed by atoms with Gasteiger partial charge in [-0.15, -0.1) is 0 Å². The number of nitrogens with zero attached hydrogens (tertiary/aromatic N) is 2. The molecule has 1 heterocycles. The van der Waals surface area contributed by atoms with Crippen molar-refractivity contribution in [2.24, 2.45) is 11.7 Å². The van der Waals surface area contributed by atoms with Crippen molar-refractivity contribution in [3.63, 3.8) is 0 Å². The first-order valence-corrected chi connectivity index (χ1v) is 5.32. The normalized spacial score (nSPS) is 12.6. The van der Waals surface area contributed by atoms with E-state index in [0.717, 1.165) is 5.69 Å². The minimum absolute atomic E-state index is 0.132. The summed E-state index contributed by atoms with van der Waals surface area (Å²) >= 11 is 0. The average Bonchev–Trinajstić information content (AvgIpc) is 2.24. The molecule has 5 heteroatoms. The van der Waals surface area contributed by atoms with Crippen LogP contribution in [0.3, 0.4) is 0 Å². The van der Waals surface area contributed by atoms with Gasteiger partial charge in [-0.2, -0.15) is 0 Å². The third-order valence-corrected chi connectivity index (χ3v) is 2.30. The van der Waals surface area contributed by atoms with Crippen LogP contribution in [0.5, 0.6) is 0 Å². The molecule has 16 heavy (non-hydrogen) atoms. The summed E-state index contributed by atoms with van der Waals surface area (Å²) in [5.74, 6) is 0.679. The number of hydrogen-bond donors (Lipinski definition) is 2. The fraction of sp³-hybridized carbons (Fsp3) is 0.545. The Balaban J connectivity index is 2.49. The van der Waals surface area contributed by atoms with Crippen LogP contribution in [0.1, 0.15) is 25.4 Å². The Morgan fingerprint density at radius 1 is 1.56 bits per heavy atom. The molecule has 0 aromatic carbocycles. The Hall–Kier alpha value is -1.49. The standard InChI is InChI=1S/C11H18N4O/c1-7(2)10(12)11(16)14-6-9-4-5-13-8(3)15-9/h4-5,7,10H,6,12H2,1-3H3,(H,14,16)/t10-/m0/s1. The van der Waals surface area contributed by atoms with Crippen LogP contribution in [-0.4, -0.2) is 21.9 Å². The summed E-state index contributed by atoms with van der Waals surface area (Å²) < 4.78 is 0. The molecule has 88 valence electrons. The Kier molecular flexibility index (Phi) is 4.37. The number of amides is 1. The van der Waals surface area contributed by atoms with Gasteiger partial charge in [0, 0.05) is 6.20 Å². The number of carbonyl (C=O) groups is 1. The lowest BCUT2D eigenvalue weighted by molar-refractivity contribution is -0.123. The van der Waals surface area contributed by atoms with Gasteiger partial charge in [-0.25, -0.2) is 9.97 Å². The van der Waals surface area contributed by atoms with Gasteiger partial charge in [-0.3, -0.25) is 4.79 Å². The molecule has 0 aliphatic carbocycles. The van der Waals surface area contributed by atoms with E-state index in [4.69, 9.17) is 5.73 Å². The maximum absolute atomic E-state index is 11.6. The highest BCUT2D eigenvalue weighted by molar-refractivity contribution is 5.81. The monoisotopic (exact) mass is 222 g/mol. The summed E-state index contributed by atoms with van der Waals surface area (Å²) in [6.07, 6.45) is 1.67. The van der Waals surface area contributed by atoms with Gasteiger partial charge < -0.3 is 11.1 Å². The lowest BCUT2D eigenvalue weighted by Gasteiger charge is -2.15. The first kappa shape index (κ1) is 12.6. The fourth-order valence-electron chi connectivity index (χ4n) is 1.20. The predicted octanol–water partition coefficient (Wildman–Crippen LogP) is 0.385. The summed E-state index contributed by atoms with van der Waals surface area (Å²) in [7, 11) is 0. The predicted molar refractivity (Wildman–Crippen MR) is 61.4 cm³/mol. The molecule has 0 radical (unpaired) electrons. The van der Waals surface area contributed by atoms with Crippen molar-refractivity contribution in [1.29, 1.82) is 0 Å². The fourth-order valence-corrected chi connectivity index (χ4v) is 1.20. The van der Waals surface area contributed by atoms with E-state index in [9.17, 15) is 4.79 Å². The van der Waals surface area contributed by atoms with Gasteiger partial charge in [0.2, 0.25) is 5.91 Å². The van der Waals surface area contributed by atoms with Crippen molar-refractivity contribution in [2.45, 2.75) is 33.4 Å². The highest BCUT2D eigenvalue weighted by Crippen LogP contribution is 1.99. The molecule has 1 aromatic heterocycles. The number of nitrogens with two attached hydrogens (primary N) is 1. The first-order valence-electron chi connectivity index (χ1n) is 5.32. The van der Waals surface area contributed by atoms with Gasteiger partial charge in [0.1, 0.15) is 5.82 Å². The molecule has 0 saturated carbocycles. The number of aromatic nitrogens is 2. The van der Waals surface area contributed by atoms with Crippen molar-refractivity contribution in [3.8, 4) is 0 Å². The van der Waals surface area contributed by atoms with Crippen LogP contribution in [0.2, 0.25) is 0 Å². The summed E-state index contributed by atoms with van der Waals surface area (Å²) in [5, 5.41) is 2.75. The SMILES string of the molecule is Cc1nccc(CNC(=O)[C@@H](N)C(C)C)n1. The van der Waals surface area contributed by atoms with Crippen LogP contribution >= 0.6 is 0 Å². The average molecular weight is 222 g/mol. The minimum Gasteiger partial charge on any atom is -0.349 e. The number of aryl methyl sites for hydroxylation is 1. The molecule has 0 bridgehead atoms. The van der Waals surface area contributed by atoms with Crippen molar-refractivity contribution in [3.05, 3.63) is 23.8 Å². The summed E-state index contributed by atoms with van der Waals surface area (Å²) in [6.45, 7) is 6.03. The van der Waals surface area contributed by atoms with Crippen molar-refractivity contribution < 1.29 is 4.79 Å². The van der Waals surface area contributed by atoms with Crippen LogP contribution in [0, 0.1) is 12.8 Å². The van der Waals surface area contributed by atoms with E-state index >= 15 is 0 Å². The highest BCUT2D eigenvalue weighted by atomic mass is 16.2. The molecule has 5 nitrogen and oxygen atoms in total. The lowest BCUT2D eigenvalue weighted by Crippen LogP contribution is -2.43. The number of rotatable bonds is 4. The van der Waals surface area contributed by atoms with Crippen LogP contribution in [0.25, 0.3) is 0 Å². The molecule has 0 aliphatic heterocycles. The van der Waals surface area contributed by atoms with Gasteiger partial charge in [-0.1, -0.05) is 13.8 Å². The molecule has 1 atom stereocenters. The molecule has 0 saturated heterocycles. The molecule has 0 spiro atoms. The molecule has 1 rings (SSSR count). The molecule has 1 aromatic rings. The van der Waals surface area contributed by atoms with Gasteiger partial charge in [0.15, 0.2) is 0 Å². The smallest absolute Gasteiger partial charge is 0.237 e. The van der Waals surface area contributed by atoms with Gasteiger partial charge in [0.05, 0.1) is 18.3 Å². The van der Waals surface area contributed by atoms with Gasteiger partial charge >= 0.3 is 0 Å². The Morgan fingerprint density at radius 2 is 2.25 bits per heavy atom.